The molecule has 1 saturated heterocycles. The molecule has 1 aromatic rings. The summed E-state index contributed by atoms with van der Waals surface area (Å²) in [6, 6.07) is 1.15. The van der Waals surface area contributed by atoms with Gasteiger partial charge in [0.1, 0.15) is 0 Å². The SMILES string of the molecule is O=C(c1ncc(Cl)cc1[N+](=O)[O-])N1CCCC1. The Kier molecular flexibility index (Phi) is 3.23. The second kappa shape index (κ2) is 4.67. The number of amides is 1. The van der Waals surface area contributed by atoms with Crippen molar-refractivity contribution in [3.63, 3.8) is 0 Å². The van der Waals surface area contributed by atoms with Crippen LogP contribution in [-0.4, -0.2) is 33.8 Å². The molecule has 1 amide bonds. The zero-order valence-electron chi connectivity index (χ0n) is 8.93. The first-order valence-electron chi connectivity index (χ1n) is 5.19. The standard InChI is InChI=1S/C10H10ClN3O3/c11-7-5-8(14(16)17)9(12-6-7)10(15)13-3-1-2-4-13/h5-6H,1-4H2. The van der Waals surface area contributed by atoms with Crippen LogP contribution in [0.4, 0.5) is 5.69 Å². The van der Waals surface area contributed by atoms with Crippen molar-refractivity contribution in [1.29, 1.82) is 0 Å². The zero-order chi connectivity index (χ0) is 12.4. The van der Waals surface area contributed by atoms with E-state index >= 15 is 0 Å². The lowest BCUT2D eigenvalue weighted by atomic mass is 10.2. The first kappa shape index (κ1) is 11.8. The zero-order valence-corrected chi connectivity index (χ0v) is 9.68. The Morgan fingerprint density at radius 1 is 1.47 bits per heavy atom. The minimum Gasteiger partial charge on any atom is -0.337 e. The first-order chi connectivity index (χ1) is 8.09. The maximum Gasteiger partial charge on any atom is 0.302 e. The van der Waals surface area contributed by atoms with Gasteiger partial charge in [-0.15, -0.1) is 0 Å². The molecule has 0 N–H and O–H groups in total. The molecule has 1 aromatic heterocycles. The Labute approximate surface area is 102 Å². The first-order valence-corrected chi connectivity index (χ1v) is 5.56. The van der Waals surface area contributed by atoms with Crippen molar-refractivity contribution < 1.29 is 9.72 Å². The normalized spacial score (nSPS) is 15.0. The molecule has 0 atom stereocenters. The predicted octanol–water partition coefficient (Wildman–Crippen LogP) is 1.88. The highest BCUT2D eigenvalue weighted by molar-refractivity contribution is 6.30. The average Bonchev–Trinajstić information content (AvgIpc) is 2.81. The van der Waals surface area contributed by atoms with Gasteiger partial charge in [0.15, 0.2) is 0 Å². The van der Waals surface area contributed by atoms with Crippen LogP contribution < -0.4 is 0 Å². The molecule has 1 aliphatic rings. The summed E-state index contributed by atoms with van der Waals surface area (Å²) < 4.78 is 0. The van der Waals surface area contributed by atoms with Crippen molar-refractivity contribution in [3.05, 3.63) is 33.1 Å². The number of carbonyl (C=O) groups is 1. The fourth-order valence-corrected chi connectivity index (χ4v) is 1.95. The van der Waals surface area contributed by atoms with E-state index in [0.717, 1.165) is 18.9 Å². The van der Waals surface area contributed by atoms with Crippen molar-refractivity contribution in [1.82, 2.24) is 9.88 Å². The number of hydrogen-bond donors (Lipinski definition) is 0. The predicted molar refractivity (Wildman–Crippen MR) is 61.0 cm³/mol. The Bertz CT molecular complexity index is 472. The number of hydrogen-bond acceptors (Lipinski definition) is 4. The quantitative estimate of drug-likeness (QED) is 0.597. The summed E-state index contributed by atoms with van der Waals surface area (Å²) in [4.78, 5) is 27.5. The average molecular weight is 256 g/mol. The van der Waals surface area contributed by atoms with Gasteiger partial charge in [-0.1, -0.05) is 11.6 Å². The summed E-state index contributed by atoms with van der Waals surface area (Å²) in [5, 5.41) is 11.0. The summed E-state index contributed by atoms with van der Waals surface area (Å²) in [5.74, 6) is -0.397. The molecular formula is C10H10ClN3O3. The van der Waals surface area contributed by atoms with E-state index < -0.39 is 10.8 Å². The maximum absolute atomic E-state index is 12.0. The van der Waals surface area contributed by atoms with Crippen LogP contribution in [0.3, 0.4) is 0 Å². The number of rotatable bonds is 2. The van der Waals surface area contributed by atoms with Gasteiger partial charge in [0, 0.05) is 25.4 Å². The van der Waals surface area contributed by atoms with Gasteiger partial charge < -0.3 is 4.90 Å². The van der Waals surface area contributed by atoms with Crippen LogP contribution in [0.5, 0.6) is 0 Å². The van der Waals surface area contributed by atoms with Crippen LogP contribution in [0.2, 0.25) is 5.02 Å². The highest BCUT2D eigenvalue weighted by Crippen LogP contribution is 2.23. The van der Waals surface area contributed by atoms with Gasteiger partial charge in [0.25, 0.3) is 5.91 Å². The van der Waals surface area contributed by atoms with Crippen LogP contribution in [0.15, 0.2) is 12.3 Å². The van der Waals surface area contributed by atoms with Crippen molar-refractivity contribution >= 4 is 23.2 Å². The number of aromatic nitrogens is 1. The molecular weight excluding hydrogens is 246 g/mol. The van der Waals surface area contributed by atoms with Gasteiger partial charge in [0.05, 0.1) is 9.95 Å². The number of likely N-dealkylation sites (tertiary alicyclic amines) is 1. The Hall–Kier alpha value is -1.69. The molecule has 0 spiro atoms. The van der Waals surface area contributed by atoms with Crippen LogP contribution in [-0.2, 0) is 0 Å². The van der Waals surface area contributed by atoms with Crippen molar-refractivity contribution in [2.24, 2.45) is 0 Å². The lowest BCUT2D eigenvalue weighted by Crippen LogP contribution is -2.29. The highest BCUT2D eigenvalue weighted by atomic mass is 35.5. The minimum absolute atomic E-state index is 0.138. The second-order valence-electron chi connectivity index (χ2n) is 3.78. The lowest BCUT2D eigenvalue weighted by molar-refractivity contribution is -0.385. The monoisotopic (exact) mass is 255 g/mol. The topological polar surface area (TPSA) is 76.3 Å². The molecule has 0 radical (unpaired) electrons. The molecule has 1 fully saturated rings. The van der Waals surface area contributed by atoms with Crippen LogP contribution in [0.25, 0.3) is 0 Å². The molecule has 2 heterocycles. The van der Waals surface area contributed by atoms with E-state index in [1.54, 1.807) is 4.90 Å². The third-order valence-corrected chi connectivity index (χ3v) is 2.83. The van der Waals surface area contributed by atoms with E-state index in [4.69, 9.17) is 11.6 Å². The summed E-state index contributed by atoms with van der Waals surface area (Å²) in [5.41, 5.74) is -0.476. The van der Waals surface area contributed by atoms with Gasteiger partial charge in [-0.05, 0) is 12.8 Å². The molecule has 17 heavy (non-hydrogen) atoms. The number of nitrogens with zero attached hydrogens (tertiary/aromatic N) is 3. The molecule has 7 heteroatoms. The molecule has 2 rings (SSSR count). The molecule has 0 saturated carbocycles. The summed E-state index contributed by atoms with van der Waals surface area (Å²) in [7, 11) is 0. The number of nitro groups is 1. The molecule has 6 nitrogen and oxygen atoms in total. The Morgan fingerprint density at radius 2 is 2.12 bits per heavy atom. The molecule has 0 bridgehead atoms. The van der Waals surface area contributed by atoms with Crippen LogP contribution in [0, 0.1) is 10.1 Å². The third kappa shape index (κ3) is 2.36. The Balaban J connectivity index is 2.36. The fourth-order valence-electron chi connectivity index (χ4n) is 1.80. The second-order valence-corrected chi connectivity index (χ2v) is 4.21. The van der Waals surface area contributed by atoms with Crippen LogP contribution >= 0.6 is 11.6 Å². The van der Waals surface area contributed by atoms with Gasteiger partial charge in [-0.3, -0.25) is 14.9 Å². The maximum atomic E-state index is 12.0. The molecule has 0 unspecified atom stereocenters. The molecule has 1 aliphatic heterocycles. The third-order valence-electron chi connectivity index (χ3n) is 2.63. The number of carbonyl (C=O) groups excluding carboxylic acids is 1. The van der Waals surface area contributed by atoms with E-state index in [1.165, 1.54) is 6.20 Å². The van der Waals surface area contributed by atoms with Gasteiger partial charge in [-0.2, -0.15) is 0 Å². The van der Waals surface area contributed by atoms with Gasteiger partial charge >= 0.3 is 5.69 Å². The van der Waals surface area contributed by atoms with Crippen molar-refractivity contribution in [2.75, 3.05) is 13.1 Å². The molecule has 0 aromatic carbocycles. The summed E-state index contributed by atoms with van der Waals surface area (Å²) >= 11 is 5.63. The number of halogens is 1. The highest BCUT2D eigenvalue weighted by Gasteiger charge is 2.28. The Morgan fingerprint density at radius 3 is 2.71 bits per heavy atom. The van der Waals surface area contributed by atoms with Crippen molar-refractivity contribution in [3.8, 4) is 0 Å². The van der Waals surface area contributed by atoms with Gasteiger partial charge in [-0.25, -0.2) is 4.98 Å². The van der Waals surface area contributed by atoms with Crippen molar-refractivity contribution in [2.45, 2.75) is 12.8 Å². The smallest absolute Gasteiger partial charge is 0.302 e. The van der Waals surface area contributed by atoms with E-state index in [1.807, 2.05) is 0 Å². The van der Waals surface area contributed by atoms with Gasteiger partial charge in [0.2, 0.25) is 5.69 Å². The van der Waals surface area contributed by atoms with E-state index in [2.05, 4.69) is 4.98 Å². The molecule has 0 aliphatic carbocycles. The van der Waals surface area contributed by atoms with E-state index in [0.29, 0.717) is 13.1 Å². The van der Waals surface area contributed by atoms with E-state index in [-0.39, 0.29) is 16.4 Å². The fraction of sp³-hybridized carbons (Fsp3) is 0.400. The lowest BCUT2D eigenvalue weighted by Gasteiger charge is -2.14. The van der Waals surface area contributed by atoms with Crippen LogP contribution in [0.1, 0.15) is 23.3 Å². The summed E-state index contributed by atoms with van der Waals surface area (Å²) in [6.45, 7) is 1.25. The summed E-state index contributed by atoms with van der Waals surface area (Å²) in [6.07, 6.45) is 3.10. The number of pyridine rings is 1. The minimum atomic E-state index is -0.637. The molecule has 90 valence electrons. The largest absolute Gasteiger partial charge is 0.337 e. The van der Waals surface area contributed by atoms with E-state index in [9.17, 15) is 14.9 Å².